The van der Waals surface area contributed by atoms with Crippen molar-refractivity contribution in [1.29, 1.82) is 0 Å². The van der Waals surface area contributed by atoms with E-state index >= 15 is 0 Å². The van der Waals surface area contributed by atoms with Crippen molar-refractivity contribution < 1.29 is 34.5 Å². The van der Waals surface area contributed by atoms with Crippen LogP contribution in [0.15, 0.2) is 28.8 Å². The quantitative estimate of drug-likeness (QED) is 0.425. The number of carboxylic acids is 1. The number of carbonyl (C=O) groups excluding carboxylic acids is 4. The first-order chi connectivity index (χ1) is 12.8. The molecule has 0 spiro atoms. The van der Waals surface area contributed by atoms with Crippen LogP contribution in [0.5, 0.6) is 0 Å². The van der Waals surface area contributed by atoms with Gasteiger partial charge in [0.05, 0.1) is 18.1 Å². The molecule has 1 aromatic heterocycles. The molecule has 2 amide bonds. The number of hydrogen-bond acceptors (Lipinski definition) is 8. The van der Waals surface area contributed by atoms with E-state index in [2.05, 4.69) is 5.32 Å². The van der Waals surface area contributed by atoms with Crippen LogP contribution in [0.25, 0.3) is 0 Å². The molecular weight excluding hydrogens is 408 g/mol. The number of rotatable bonds is 7. The summed E-state index contributed by atoms with van der Waals surface area (Å²) in [7, 11) is 1.29. The monoisotopic (exact) mass is 427 g/mol. The molecular formula is C17H19N2O7S2-. The predicted octanol–water partition coefficient (Wildman–Crippen LogP) is -1.18. The number of ketones is 1. The van der Waals surface area contributed by atoms with Gasteiger partial charge in [-0.05, 0) is 23.9 Å². The summed E-state index contributed by atoms with van der Waals surface area (Å²) in [5.74, 6) is -2.61. The summed E-state index contributed by atoms with van der Waals surface area (Å²) in [6, 6.07) is 3.62. The molecule has 1 saturated heterocycles. The van der Waals surface area contributed by atoms with Gasteiger partial charge in [0.2, 0.25) is 5.91 Å². The highest BCUT2D eigenvalue weighted by molar-refractivity contribution is 8.00. The molecule has 0 aromatic carbocycles. The zero-order valence-electron chi connectivity index (χ0n) is 15.1. The summed E-state index contributed by atoms with van der Waals surface area (Å²) in [4.78, 5) is 50.1. The van der Waals surface area contributed by atoms with Crippen LogP contribution in [0.4, 0.5) is 0 Å². The Kier molecular flexibility index (Phi) is 6.65. The number of hydrogen-bond donors (Lipinski definition) is 1. The van der Waals surface area contributed by atoms with Crippen molar-refractivity contribution in [2.45, 2.75) is 30.9 Å². The van der Waals surface area contributed by atoms with E-state index in [0.717, 1.165) is 9.78 Å². The van der Waals surface area contributed by atoms with Gasteiger partial charge < -0.3 is 25.4 Å². The maximum absolute atomic E-state index is 12.8. The van der Waals surface area contributed by atoms with E-state index in [1.54, 1.807) is 6.07 Å². The van der Waals surface area contributed by atoms with Crippen LogP contribution < -0.4 is 10.4 Å². The molecule has 0 bridgehead atoms. The Labute approximate surface area is 169 Å². The lowest BCUT2D eigenvalue weighted by Crippen LogP contribution is -2.81. The number of thioether (sulfide) groups is 1. The second-order valence-corrected chi connectivity index (χ2v) is 8.30. The van der Waals surface area contributed by atoms with Crippen molar-refractivity contribution >= 4 is 46.7 Å². The SMILES string of the molecule is CO[C@@]1(NC(=O)Cc2cccs2)C(=O)N2C(C(=O)[O-])=C(CC(C)=O)CSC21.O. The molecule has 2 aliphatic rings. The number of fused-ring (bicyclic) bond motifs is 1. The van der Waals surface area contributed by atoms with Crippen LogP contribution in [0, 0.1) is 0 Å². The molecule has 1 aromatic rings. The van der Waals surface area contributed by atoms with Crippen LogP contribution in [0.2, 0.25) is 0 Å². The summed E-state index contributed by atoms with van der Waals surface area (Å²) in [6.45, 7) is 1.35. The molecule has 2 atom stereocenters. The minimum absolute atomic E-state index is 0. The zero-order valence-corrected chi connectivity index (χ0v) is 16.8. The van der Waals surface area contributed by atoms with Gasteiger partial charge in [-0.15, -0.1) is 23.1 Å². The molecule has 0 radical (unpaired) electrons. The number of carboxylic acid groups (broad SMARTS) is 1. The fraction of sp³-hybridized carbons (Fsp3) is 0.412. The number of methoxy groups -OCH3 is 1. The number of β-lactam (4-membered cyclic amide) rings is 1. The molecule has 9 nitrogen and oxygen atoms in total. The Balaban J connectivity index is 0.00000280. The maximum Gasteiger partial charge on any atom is 0.284 e. The number of Topliss-reactive ketones (excluding diaryl/α,β-unsaturated/α-hetero) is 1. The van der Waals surface area contributed by atoms with Gasteiger partial charge in [0, 0.05) is 24.2 Å². The highest BCUT2D eigenvalue weighted by atomic mass is 32.2. The van der Waals surface area contributed by atoms with Crippen LogP contribution in [0.1, 0.15) is 18.2 Å². The number of nitrogens with one attached hydrogen (secondary N) is 1. The van der Waals surface area contributed by atoms with E-state index in [0.29, 0.717) is 5.57 Å². The molecule has 0 saturated carbocycles. The van der Waals surface area contributed by atoms with Gasteiger partial charge in [-0.25, -0.2) is 0 Å². The topological polar surface area (TPSA) is 147 Å². The molecule has 3 heterocycles. The average molecular weight is 427 g/mol. The van der Waals surface area contributed by atoms with E-state index < -0.39 is 28.9 Å². The van der Waals surface area contributed by atoms with Crippen molar-refractivity contribution in [3.8, 4) is 0 Å². The van der Waals surface area contributed by atoms with E-state index in [1.807, 2.05) is 11.4 Å². The van der Waals surface area contributed by atoms with E-state index in [1.165, 1.54) is 37.1 Å². The van der Waals surface area contributed by atoms with Gasteiger partial charge >= 0.3 is 0 Å². The Bertz CT molecular complexity index is 837. The minimum Gasteiger partial charge on any atom is -0.543 e. The second kappa shape index (κ2) is 8.43. The molecule has 2 aliphatic heterocycles. The standard InChI is InChI=1S/C17H18N2O6S2.H2O/c1-9(20)6-10-8-27-16-17(25-2,15(24)19(16)13(10)14(22)23)18-12(21)7-11-4-3-5-26-11;/h3-5,16H,6-8H2,1-2H3,(H,18,21)(H,22,23);1H2/p-1/t16?,17-;/m0./s1. The molecule has 3 N–H and O–H groups in total. The van der Waals surface area contributed by atoms with Crippen molar-refractivity contribution in [3.05, 3.63) is 33.7 Å². The zero-order chi connectivity index (χ0) is 19.8. The number of amides is 2. The lowest BCUT2D eigenvalue weighted by atomic mass is 9.96. The molecule has 3 rings (SSSR count). The third-order valence-corrected chi connectivity index (χ3v) is 6.58. The van der Waals surface area contributed by atoms with Gasteiger partial charge in [-0.3, -0.25) is 19.3 Å². The summed E-state index contributed by atoms with van der Waals surface area (Å²) in [5, 5.41) is 15.3. The van der Waals surface area contributed by atoms with Crippen molar-refractivity contribution in [2.75, 3.05) is 12.9 Å². The molecule has 0 aliphatic carbocycles. The third kappa shape index (κ3) is 3.70. The number of thiophene rings is 1. The molecule has 1 unspecified atom stereocenters. The fourth-order valence-electron chi connectivity index (χ4n) is 3.19. The maximum atomic E-state index is 12.8. The first-order valence-corrected chi connectivity index (χ1v) is 9.99. The van der Waals surface area contributed by atoms with Gasteiger partial charge in [0.15, 0.2) is 0 Å². The predicted molar refractivity (Wildman–Crippen MR) is 99.9 cm³/mol. The first-order valence-electron chi connectivity index (χ1n) is 8.06. The Morgan fingerprint density at radius 1 is 1.39 bits per heavy atom. The van der Waals surface area contributed by atoms with Crippen LogP contribution in [-0.4, -0.2) is 57.9 Å². The Morgan fingerprint density at radius 2 is 2.11 bits per heavy atom. The lowest BCUT2D eigenvalue weighted by molar-refractivity contribution is -0.302. The largest absolute Gasteiger partial charge is 0.543 e. The van der Waals surface area contributed by atoms with Gasteiger partial charge in [-0.1, -0.05) is 6.07 Å². The normalized spacial score (nSPS) is 23.4. The van der Waals surface area contributed by atoms with E-state index in [-0.39, 0.29) is 35.6 Å². The highest BCUT2D eigenvalue weighted by Gasteiger charge is 2.65. The van der Waals surface area contributed by atoms with Crippen LogP contribution in [-0.2, 0) is 30.3 Å². The van der Waals surface area contributed by atoms with Crippen LogP contribution >= 0.6 is 23.1 Å². The summed E-state index contributed by atoms with van der Waals surface area (Å²) < 4.78 is 5.35. The van der Waals surface area contributed by atoms with Crippen LogP contribution in [0.3, 0.4) is 0 Å². The van der Waals surface area contributed by atoms with Gasteiger partial charge in [-0.2, -0.15) is 0 Å². The van der Waals surface area contributed by atoms with Gasteiger partial charge in [0.25, 0.3) is 11.6 Å². The summed E-state index contributed by atoms with van der Waals surface area (Å²) >= 11 is 2.65. The second-order valence-electron chi connectivity index (χ2n) is 6.20. The average Bonchev–Trinajstić information content (AvgIpc) is 3.11. The molecule has 1 fully saturated rings. The van der Waals surface area contributed by atoms with E-state index in [4.69, 9.17) is 4.74 Å². The molecule has 152 valence electrons. The number of aliphatic carboxylic acids is 1. The number of ether oxygens (including phenoxy) is 1. The Morgan fingerprint density at radius 3 is 2.64 bits per heavy atom. The fourth-order valence-corrected chi connectivity index (χ4v) is 5.33. The Hall–Kier alpha value is -2.21. The number of nitrogens with zero attached hydrogens (tertiary/aromatic N) is 1. The van der Waals surface area contributed by atoms with E-state index in [9.17, 15) is 24.3 Å². The van der Waals surface area contributed by atoms with Crippen molar-refractivity contribution in [1.82, 2.24) is 10.2 Å². The van der Waals surface area contributed by atoms with Gasteiger partial charge in [0.1, 0.15) is 11.2 Å². The third-order valence-electron chi connectivity index (χ3n) is 4.33. The smallest absolute Gasteiger partial charge is 0.284 e. The van der Waals surface area contributed by atoms with Crippen molar-refractivity contribution in [3.63, 3.8) is 0 Å². The number of carbonyl (C=O) groups is 4. The first kappa shape index (κ1) is 22.1. The molecule has 11 heteroatoms. The summed E-state index contributed by atoms with van der Waals surface area (Å²) in [6.07, 6.45) is 0.0176. The lowest BCUT2D eigenvalue weighted by Gasteiger charge is -2.56. The molecule has 28 heavy (non-hydrogen) atoms. The summed E-state index contributed by atoms with van der Waals surface area (Å²) in [5.41, 5.74) is -1.62. The minimum atomic E-state index is -1.64. The highest BCUT2D eigenvalue weighted by Crippen LogP contribution is 2.46. The van der Waals surface area contributed by atoms with Crippen molar-refractivity contribution in [2.24, 2.45) is 0 Å².